The highest BCUT2D eigenvalue weighted by molar-refractivity contribution is 7.89. The van der Waals surface area contributed by atoms with E-state index in [1.54, 1.807) is 13.8 Å². The van der Waals surface area contributed by atoms with E-state index in [1.807, 2.05) is 24.3 Å². The maximum Gasteiger partial charge on any atom is 0.257 e. The Hall–Kier alpha value is -1.89. The fourth-order valence-corrected chi connectivity index (χ4v) is 4.13. The van der Waals surface area contributed by atoms with Crippen molar-refractivity contribution >= 4 is 33.2 Å². The standard InChI is InChI=1S/C21H27ClN2O3S/c1-14(2)24(6)28(26,27)17-11-12-19(22)18(13-17)20(25)23-16-9-7-15(8-10-16)21(3,4)5/h7-14H,1-6H3,(H,23,25). The van der Waals surface area contributed by atoms with Gasteiger partial charge in [0.1, 0.15) is 0 Å². The molecule has 0 aliphatic heterocycles. The number of benzene rings is 2. The molecule has 28 heavy (non-hydrogen) atoms. The van der Waals surface area contributed by atoms with E-state index in [0.717, 1.165) is 5.56 Å². The molecule has 0 aromatic heterocycles. The van der Waals surface area contributed by atoms with E-state index in [9.17, 15) is 13.2 Å². The fraction of sp³-hybridized carbons (Fsp3) is 0.381. The van der Waals surface area contributed by atoms with Crippen molar-refractivity contribution in [2.75, 3.05) is 12.4 Å². The lowest BCUT2D eigenvalue weighted by atomic mass is 9.87. The molecule has 2 aromatic carbocycles. The lowest BCUT2D eigenvalue weighted by molar-refractivity contribution is 0.102. The highest BCUT2D eigenvalue weighted by Gasteiger charge is 2.25. The Labute approximate surface area is 172 Å². The summed E-state index contributed by atoms with van der Waals surface area (Å²) in [5, 5.41) is 2.97. The summed E-state index contributed by atoms with van der Waals surface area (Å²) in [7, 11) is -2.21. The summed E-state index contributed by atoms with van der Waals surface area (Å²) < 4.78 is 26.7. The summed E-state index contributed by atoms with van der Waals surface area (Å²) in [6.07, 6.45) is 0. The number of hydrogen-bond donors (Lipinski definition) is 1. The van der Waals surface area contributed by atoms with Crippen LogP contribution in [0.5, 0.6) is 0 Å². The molecule has 0 atom stereocenters. The molecule has 0 heterocycles. The predicted molar refractivity (Wildman–Crippen MR) is 115 cm³/mol. The van der Waals surface area contributed by atoms with Crippen molar-refractivity contribution in [1.82, 2.24) is 4.31 Å². The van der Waals surface area contributed by atoms with Crippen LogP contribution in [-0.4, -0.2) is 31.7 Å². The summed E-state index contributed by atoms with van der Waals surface area (Å²) in [5.41, 5.74) is 1.88. The van der Waals surface area contributed by atoms with Crippen LogP contribution in [0.4, 0.5) is 5.69 Å². The number of nitrogens with one attached hydrogen (secondary N) is 1. The molecular formula is C21H27ClN2O3S. The molecule has 5 nitrogen and oxygen atoms in total. The number of carbonyl (C=O) groups is 1. The zero-order valence-electron chi connectivity index (χ0n) is 17.1. The Morgan fingerprint density at radius 3 is 2.14 bits per heavy atom. The third-order valence-electron chi connectivity index (χ3n) is 4.60. The molecule has 7 heteroatoms. The van der Waals surface area contributed by atoms with Crippen LogP contribution in [0.15, 0.2) is 47.4 Å². The van der Waals surface area contributed by atoms with Gasteiger partial charge in [0.25, 0.3) is 5.91 Å². The number of anilines is 1. The normalized spacial score (nSPS) is 12.5. The first-order valence-electron chi connectivity index (χ1n) is 9.03. The molecule has 0 radical (unpaired) electrons. The number of rotatable bonds is 5. The van der Waals surface area contributed by atoms with Crippen LogP contribution in [0.25, 0.3) is 0 Å². The maximum absolute atomic E-state index is 12.7. The third-order valence-corrected chi connectivity index (χ3v) is 6.95. The van der Waals surface area contributed by atoms with Crippen LogP contribution in [0.2, 0.25) is 5.02 Å². The van der Waals surface area contributed by atoms with Gasteiger partial charge in [-0.2, -0.15) is 4.31 Å². The van der Waals surface area contributed by atoms with E-state index >= 15 is 0 Å². The Morgan fingerprint density at radius 1 is 1.07 bits per heavy atom. The second-order valence-corrected chi connectivity index (χ2v) is 10.4. The zero-order chi connectivity index (χ0) is 21.3. The minimum Gasteiger partial charge on any atom is -0.322 e. The molecule has 0 aliphatic rings. The van der Waals surface area contributed by atoms with Crippen LogP contribution < -0.4 is 5.32 Å². The van der Waals surface area contributed by atoms with Gasteiger partial charge in [-0.05, 0) is 55.2 Å². The molecule has 0 spiro atoms. The van der Waals surface area contributed by atoms with Gasteiger partial charge < -0.3 is 5.32 Å². The minimum atomic E-state index is -3.71. The molecule has 1 amide bonds. The van der Waals surface area contributed by atoms with E-state index in [4.69, 9.17) is 11.6 Å². The van der Waals surface area contributed by atoms with E-state index in [0.29, 0.717) is 5.69 Å². The van der Waals surface area contributed by atoms with Crippen molar-refractivity contribution in [3.05, 3.63) is 58.6 Å². The SMILES string of the molecule is CC(C)N(C)S(=O)(=O)c1ccc(Cl)c(C(=O)Nc2ccc(C(C)(C)C)cc2)c1. The van der Waals surface area contributed by atoms with Crippen molar-refractivity contribution in [3.8, 4) is 0 Å². The van der Waals surface area contributed by atoms with E-state index in [-0.39, 0.29) is 26.9 Å². The molecule has 0 bridgehead atoms. The molecule has 152 valence electrons. The smallest absolute Gasteiger partial charge is 0.257 e. The van der Waals surface area contributed by atoms with Gasteiger partial charge in [0, 0.05) is 18.8 Å². The van der Waals surface area contributed by atoms with Crippen LogP contribution in [0.1, 0.15) is 50.5 Å². The lowest BCUT2D eigenvalue weighted by Crippen LogP contribution is -2.33. The van der Waals surface area contributed by atoms with Crippen LogP contribution in [0, 0.1) is 0 Å². The summed E-state index contributed by atoms with van der Waals surface area (Å²) in [6, 6.07) is 11.5. The van der Waals surface area contributed by atoms with E-state index in [1.165, 1.54) is 29.6 Å². The molecule has 2 aromatic rings. The molecule has 2 rings (SSSR count). The number of nitrogens with zero attached hydrogens (tertiary/aromatic N) is 1. The van der Waals surface area contributed by atoms with Crippen molar-refractivity contribution in [2.24, 2.45) is 0 Å². The van der Waals surface area contributed by atoms with Crippen molar-refractivity contribution in [3.63, 3.8) is 0 Å². The van der Waals surface area contributed by atoms with Crippen molar-refractivity contribution in [2.45, 2.75) is 51.0 Å². The van der Waals surface area contributed by atoms with E-state index in [2.05, 4.69) is 26.1 Å². The number of sulfonamides is 1. The summed E-state index contributed by atoms with van der Waals surface area (Å²) in [4.78, 5) is 12.7. The van der Waals surface area contributed by atoms with Gasteiger partial charge in [-0.3, -0.25) is 4.79 Å². The van der Waals surface area contributed by atoms with Gasteiger partial charge >= 0.3 is 0 Å². The van der Waals surface area contributed by atoms with Crippen molar-refractivity contribution in [1.29, 1.82) is 0 Å². The molecule has 0 aliphatic carbocycles. The first-order chi connectivity index (χ1) is 12.8. The summed E-state index contributed by atoms with van der Waals surface area (Å²) in [6.45, 7) is 9.89. The van der Waals surface area contributed by atoms with Crippen molar-refractivity contribution < 1.29 is 13.2 Å². The van der Waals surface area contributed by atoms with Crippen LogP contribution >= 0.6 is 11.6 Å². The average Bonchev–Trinajstić information content (AvgIpc) is 2.60. The maximum atomic E-state index is 12.7. The molecule has 1 N–H and O–H groups in total. The second-order valence-electron chi connectivity index (χ2n) is 8.04. The topological polar surface area (TPSA) is 66.5 Å². The second kappa shape index (κ2) is 8.23. The predicted octanol–water partition coefficient (Wildman–Crippen LogP) is 4.92. The summed E-state index contributed by atoms with van der Waals surface area (Å²) >= 11 is 6.17. The quantitative estimate of drug-likeness (QED) is 0.743. The van der Waals surface area contributed by atoms with Gasteiger partial charge in [0.2, 0.25) is 10.0 Å². The number of carbonyl (C=O) groups excluding carboxylic acids is 1. The molecule has 0 fully saturated rings. The largest absolute Gasteiger partial charge is 0.322 e. The Bertz CT molecular complexity index is 962. The van der Waals surface area contributed by atoms with Gasteiger partial charge in [0.05, 0.1) is 15.5 Å². The Morgan fingerprint density at radius 2 is 1.64 bits per heavy atom. The summed E-state index contributed by atoms with van der Waals surface area (Å²) in [5.74, 6) is -0.460. The molecule has 0 saturated heterocycles. The van der Waals surface area contributed by atoms with Crippen LogP contribution in [0.3, 0.4) is 0 Å². The number of halogens is 1. The minimum absolute atomic E-state index is 0.0109. The number of hydrogen-bond acceptors (Lipinski definition) is 3. The van der Waals surface area contributed by atoms with Gasteiger partial charge in [-0.1, -0.05) is 44.5 Å². The first-order valence-corrected chi connectivity index (χ1v) is 10.9. The van der Waals surface area contributed by atoms with Gasteiger partial charge in [-0.25, -0.2) is 8.42 Å². The highest BCUT2D eigenvalue weighted by atomic mass is 35.5. The number of amides is 1. The lowest BCUT2D eigenvalue weighted by Gasteiger charge is -2.21. The third kappa shape index (κ3) is 4.93. The molecule has 0 unspecified atom stereocenters. The highest BCUT2D eigenvalue weighted by Crippen LogP contribution is 2.26. The van der Waals surface area contributed by atoms with Gasteiger partial charge in [0.15, 0.2) is 0 Å². The Kier molecular flexibility index (Phi) is 6.58. The zero-order valence-corrected chi connectivity index (χ0v) is 18.6. The van der Waals surface area contributed by atoms with Gasteiger partial charge in [-0.15, -0.1) is 0 Å². The first kappa shape index (κ1) is 22.4. The Balaban J connectivity index is 2.31. The van der Waals surface area contributed by atoms with Crippen LogP contribution in [-0.2, 0) is 15.4 Å². The van der Waals surface area contributed by atoms with E-state index < -0.39 is 15.9 Å². The molecule has 0 saturated carbocycles. The monoisotopic (exact) mass is 422 g/mol. The molecular weight excluding hydrogens is 396 g/mol. The average molecular weight is 423 g/mol. The fourth-order valence-electron chi connectivity index (χ4n) is 2.53.